The average molecular weight is 399 g/mol. The van der Waals surface area contributed by atoms with Gasteiger partial charge in [-0.1, -0.05) is 36.4 Å². The summed E-state index contributed by atoms with van der Waals surface area (Å²) in [7, 11) is 1.66. The van der Waals surface area contributed by atoms with Crippen molar-refractivity contribution in [3.05, 3.63) is 77.9 Å². The molecular weight excluding hydrogens is 374 g/mol. The van der Waals surface area contributed by atoms with Crippen molar-refractivity contribution in [3.63, 3.8) is 0 Å². The van der Waals surface area contributed by atoms with Crippen molar-refractivity contribution in [2.75, 3.05) is 25.6 Å². The van der Waals surface area contributed by atoms with E-state index in [2.05, 4.69) is 59.3 Å². The number of anilines is 1. The molecule has 1 unspecified atom stereocenters. The van der Waals surface area contributed by atoms with E-state index in [0.29, 0.717) is 18.7 Å². The SMILES string of the molecule is CCn1c2ccccc2c2cc(C3Nc4ccccc4C(=O)N3CCOC)ccc21. The zero-order valence-electron chi connectivity index (χ0n) is 17.3. The first kappa shape index (κ1) is 18.7. The number of benzene rings is 3. The third-order valence-electron chi connectivity index (χ3n) is 5.99. The van der Waals surface area contributed by atoms with Crippen LogP contribution >= 0.6 is 0 Å². The molecule has 1 N–H and O–H groups in total. The lowest BCUT2D eigenvalue weighted by Gasteiger charge is -2.38. The molecule has 1 aromatic heterocycles. The zero-order valence-corrected chi connectivity index (χ0v) is 17.3. The number of amides is 1. The molecule has 5 heteroatoms. The number of aryl methyl sites for hydroxylation is 1. The van der Waals surface area contributed by atoms with Gasteiger partial charge in [0.2, 0.25) is 0 Å². The Morgan fingerprint density at radius 1 is 0.967 bits per heavy atom. The number of carbonyl (C=O) groups excluding carboxylic acids is 1. The summed E-state index contributed by atoms with van der Waals surface area (Å²) in [6, 6.07) is 22.7. The van der Waals surface area contributed by atoms with Crippen molar-refractivity contribution in [2.45, 2.75) is 19.6 Å². The molecule has 0 bridgehead atoms. The van der Waals surface area contributed by atoms with Crippen LogP contribution in [-0.4, -0.2) is 35.6 Å². The molecule has 0 saturated heterocycles. The van der Waals surface area contributed by atoms with Gasteiger partial charge in [0, 0.05) is 47.7 Å². The van der Waals surface area contributed by atoms with Gasteiger partial charge in [0.1, 0.15) is 6.17 Å². The number of nitrogens with one attached hydrogen (secondary N) is 1. The largest absolute Gasteiger partial charge is 0.383 e. The van der Waals surface area contributed by atoms with E-state index in [1.165, 1.54) is 21.8 Å². The second-order valence-electron chi connectivity index (χ2n) is 7.62. The summed E-state index contributed by atoms with van der Waals surface area (Å²) in [5.41, 5.74) is 5.10. The molecule has 0 saturated carbocycles. The van der Waals surface area contributed by atoms with E-state index in [4.69, 9.17) is 4.74 Å². The number of methoxy groups -OCH3 is 1. The maximum atomic E-state index is 13.3. The summed E-state index contributed by atoms with van der Waals surface area (Å²) in [6.45, 7) is 4.10. The van der Waals surface area contributed by atoms with E-state index in [-0.39, 0.29) is 12.1 Å². The minimum atomic E-state index is -0.240. The van der Waals surface area contributed by atoms with Crippen molar-refractivity contribution < 1.29 is 9.53 Å². The van der Waals surface area contributed by atoms with Gasteiger partial charge in [-0.2, -0.15) is 0 Å². The molecule has 3 aromatic carbocycles. The molecule has 0 radical (unpaired) electrons. The number of fused-ring (bicyclic) bond motifs is 4. The highest BCUT2D eigenvalue weighted by Gasteiger charge is 2.32. The van der Waals surface area contributed by atoms with E-state index in [9.17, 15) is 4.79 Å². The molecule has 1 amide bonds. The smallest absolute Gasteiger partial charge is 0.257 e. The number of ether oxygens (including phenoxy) is 1. The van der Waals surface area contributed by atoms with Crippen LogP contribution in [0.3, 0.4) is 0 Å². The summed E-state index contributed by atoms with van der Waals surface area (Å²) in [5, 5.41) is 6.03. The molecular formula is C25H25N3O2. The molecule has 0 aliphatic carbocycles. The van der Waals surface area contributed by atoms with Crippen LogP contribution in [0.25, 0.3) is 21.8 Å². The molecule has 5 nitrogen and oxygen atoms in total. The van der Waals surface area contributed by atoms with Crippen LogP contribution in [0.15, 0.2) is 66.7 Å². The van der Waals surface area contributed by atoms with Gasteiger partial charge in [-0.3, -0.25) is 4.79 Å². The first-order valence-corrected chi connectivity index (χ1v) is 10.4. The Labute approximate surface area is 175 Å². The van der Waals surface area contributed by atoms with Crippen LogP contribution in [0.2, 0.25) is 0 Å². The van der Waals surface area contributed by atoms with Crippen LogP contribution < -0.4 is 5.32 Å². The third kappa shape index (κ3) is 2.85. The van der Waals surface area contributed by atoms with Crippen LogP contribution in [0, 0.1) is 0 Å². The number of hydrogen-bond donors (Lipinski definition) is 1. The summed E-state index contributed by atoms with van der Waals surface area (Å²) in [4.78, 5) is 15.1. The topological polar surface area (TPSA) is 46.5 Å². The summed E-state index contributed by atoms with van der Waals surface area (Å²) >= 11 is 0. The van der Waals surface area contributed by atoms with Gasteiger partial charge >= 0.3 is 0 Å². The van der Waals surface area contributed by atoms with E-state index in [1.807, 2.05) is 29.2 Å². The zero-order chi connectivity index (χ0) is 20.7. The Bertz CT molecular complexity index is 1240. The average Bonchev–Trinajstić information content (AvgIpc) is 3.11. The Hall–Kier alpha value is -3.31. The van der Waals surface area contributed by atoms with Crippen molar-refractivity contribution in [1.82, 2.24) is 9.47 Å². The molecule has 2 heterocycles. The van der Waals surface area contributed by atoms with E-state index < -0.39 is 0 Å². The molecule has 1 atom stereocenters. The summed E-state index contributed by atoms with van der Waals surface area (Å²) < 4.78 is 7.63. The number of nitrogens with zero attached hydrogens (tertiary/aromatic N) is 2. The van der Waals surface area contributed by atoms with Crippen molar-refractivity contribution in [2.24, 2.45) is 0 Å². The van der Waals surface area contributed by atoms with Crippen molar-refractivity contribution in [3.8, 4) is 0 Å². The number of carbonyl (C=O) groups is 1. The molecule has 1 aliphatic rings. The van der Waals surface area contributed by atoms with Gasteiger partial charge < -0.3 is 19.5 Å². The standard InChI is InChI=1S/C25H25N3O2/c1-3-27-22-11-7-5-8-18(22)20-16-17(12-13-23(20)27)24-26-21-10-6-4-9-19(21)25(29)28(24)14-15-30-2/h4-13,16,24,26H,3,14-15H2,1-2H3. The Balaban J connectivity index is 1.66. The fraction of sp³-hybridized carbons (Fsp3) is 0.240. The maximum Gasteiger partial charge on any atom is 0.257 e. The fourth-order valence-corrected chi connectivity index (χ4v) is 4.56. The molecule has 0 spiro atoms. The minimum absolute atomic E-state index is 0.0301. The predicted molar refractivity (Wildman–Crippen MR) is 121 cm³/mol. The Kier molecular flexibility index (Phi) is 4.68. The van der Waals surface area contributed by atoms with E-state index in [0.717, 1.165) is 17.8 Å². The number of rotatable bonds is 5. The quantitative estimate of drug-likeness (QED) is 0.512. The summed E-state index contributed by atoms with van der Waals surface area (Å²) in [6.07, 6.45) is -0.240. The van der Waals surface area contributed by atoms with Crippen LogP contribution in [0.4, 0.5) is 5.69 Å². The van der Waals surface area contributed by atoms with Crippen molar-refractivity contribution >= 4 is 33.4 Å². The number of para-hydroxylation sites is 2. The highest BCUT2D eigenvalue weighted by molar-refractivity contribution is 6.08. The maximum absolute atomic E-state index is 13.3. The fourth-order valence-electron chi connectivity index (χ4n) is 4.56. The Morgan fingerprint density at radius 3 is 2.57 bits per heavy atom. The van der Waals surface area contributed by atoms with Gasteiger partial charge in [-0.05, 0) is 42.8 Å². The number of hydrogen-bond acceptors (Lipinski definition) is 3. The normalized spacial score (nSPS) is 16.1. The lowest BCUT2D eigenvalue weighted by Crippen LogP contribution is -2.44. The molecule has 0 fully saturated rings. The van der Waals surface area contributed by atoms with Crippen LogP contribution in [0.5, 0.6) is 0 Å². The van der Waals surface area contributed by atoms with Gasteiger partial charge in [-0.25, -0.2) is 0 Å². The third-order valence-corrected chi connectivity index (χ3v) is 5.99. The lowest BCUT2D eigenvalue weighted by atomic mass is 10.0. The van der Waals surface area contributed by atoms with E-state index >= 15 is 0 Å². The summed E-state index contributed by atoms with van der Waals surface area (Å²) in [5.74, 6) is 0.0301. The first-order valence-electron chi connectivity index (χ1n) is 10.4. The highest BCUT2D eigenvalue weighted by atomic mass is 16.5. The van der Waals surface area contributed by atoms with Crippen LogP contribution in [-0.2, 0) is 11.3 Å². The monoisotopic (exact) mass is 399 g/mol. The highest BCUT2D eigenvalue weighted by Crippen LogP contribution is 2.36. The van der Waals surface area contributed by atoms with Gasteiger partial charge in [-0.15, -0.1) is 0 Å². The van der Waals surface area contributed by atoms with Gasteiger partial charge in [0.05, 0.1) is 12.2 Å². The van der Waals surface area contributed by atoms with E-state index in [1.54, 1.807) is 7.11 Å². The second-order valence-corrected chi connectivity index (χ2v) is 7.62. The number of aromatic nitrogens is 1. The molecule has 152 valence electrons. The van der Waals surface area contributed by atoms with Crippen molar-refractivity contribution in [1.29, 1.82) is 0 Å². The molecule has 1 aliphatic heterocycles. The van der Waals surface area contributed by atoms with Gasteiger partial charge in [0.15, 0.2) is 0 Å². The second kappa shape index (κ2) is 7.50. The Morgan fingerprint density at radius 2 is 1.73 bits per heavy atom. The molecule has 5 rings (SSSR count). The van der Waals surface area contributed by atoms with Gasteiger partial charge in [0.25, 0.3) is 5.91 Å². The molecule has 4 aromatic rings. The minimum Gasteiger partial charge on any atom is -0.383 e. The first-order chi connectivity index (χ1) is 14.7. The lowest BCUT2D eigenvalue weighted by molar-refractivity contribution is 0.0609. The molecule has 30 heavy (non-hydrogen) atoms. The van der Waals surface area contributed by atoms with Crippen LogP contribution in [0.1, 0.15) is 29.0 Å². The predicted octanol–water partition coefficient (Wildman–Crippen LogP) is 5.03.